The molecule has 2 aliphatic carbocycles. The average molecular weight is 600 g/mol. The Morgan fingerprint density at radius 1 is 1.05 bits per heavy atom. The highest BCUT2D eigenvalue weighted by molar-refractivity contribution is 6.11. The first kappa shape index (κ1) is 29.8. The molecule has 2 saturated heterocycles. The Morgan fingerprint density at radius 2 is 1.84 bits per heavy atom. The summed E-state index contributed by atoms with van der Waals surface area (Å²) in [6.07, 6.45) is 10.0. The number of ether oxygens (including phenoxy) is 2. The molecule has 0 aromatic heterocycles. The summed E-state index contributed by atoms with van der Waals surface area (Å²) in [5.74, 6) is -2.54. The van der Waals surface area contributed by atoms with Crippen molar-refractivity contribution >= 4 is 23.4 Å². The molecule has 6 unspecified atom stereocenters. The monoisotopic (exact) mass is 599 g/mol. The van der Waals surface area contributed by atoms with Gasteiger partial charge in [0.05, 0.1) is 26.7 Å². The van der Waals surface area contributed by atoms with Crippen molar-refractivity contribution in [1.29, 1.82) is 0 Å². The summed E-state index contributed by atoms with van der Waals surface area (Å²) >= 11 is 0. The van der Waals surface area contributed by atoms with E-state index in [9.17, 15) is 29.7 Å². The van der Waals surface area contributed by atoms with Crippen molar-refractivity contribution in [3.63, 3.8) is 0 Å². The van der Waals surface area contributed by atoms with E-state index in [1.807, 2.05) is 18.2 Å². The number of carbonyl (C=O) groups excluding carboxylic acids is 3. The number of aliphatic hydroxyl groups excluding tert-OH is 1. The van der Waals surface area contributed by atoms with Crippen LogP contribution in [-0.4, -0.2) is 76.0 Å². The molecule has 9 heteroatoms. The number of ketones is 3. The van der Waals surface area contributed by atoms with E-state index in [1.54, 1.807) is 24.3 Å². The third kappa shape index (κ3) is 4.66. The van der Waals surface area contributed by atoms with E-state index in [4.69, 9.17) is 9.47 Å². The highest BCUT2D eigenvalue weighted by atomic mass is 16.5. The average Bonchev–Trinajstić information content (AvgIpc) is 3.46. The van der Waals surface area contributed by atoms with Crippen molar-refractivity contribution < 1.29 is 39.2 Å². The molecule has 44 heavy (non-hydrogen) atoms. The molecule has 9 nitrogen and oxygen atoms in total. The Morgan fingerprint density at radius 3 is 2.57 bits per heavy atom. The number of nitrogens with zero attached hydrogens (tertiary/aromatic N) is 1. The highest BCUT2D eigenvalue weighted by Gasteiger charge is 2.72. The minimum atomic E-state index is -1.40. The van der Waals surface area contributed by atoms with E-state index in [0.717, 1.165) is 12.8 Å². The van der Waals surface area contributed by atoms with Gasteiger partial charge in [0.2, 0.25) is 0 Å². The van der Waals surface area contributed by atoms with E-state index in [2.05, 4.69) is 4.90 Å². The fourth-order valence-corrected chi connectivity index (χ4v) is 8.01. The van der Waals surface area contributed by atoms with Gasteiger partial charge in [-0.3, -0.25) is 19.3 Å². The molecule has 6 rings (SSSR count). The van der Waals surface area contributed by atoms with Crippen LogP contribution in [0.2, 0.25) is 0 Å². The summed E-state index contributed by atoms with van der Waals surface area (Å²) in [5.41, 5.74) is 0.327. The van der Waals surface area contributed by atoms with Crippen molar-refractivity contribution in [2.75, 3.05) is 20.8 Å². The highest BCUT2D eigenvalue weighted by Crippen LogP contribution is 2.60. The van der Waals surface area contributed by atoms with Crippen LogP contribution >= 0.6 is 0 Å². The number of aromatic hydroxyl groups is 2. The second-order valence-electron chi connectivity index (χ2n) is 12.0. The Balaban J connectivity index is 1.41. The van der Waals surface area contributed by atoms with Crippen LogP contribution in [0.25, 0.3) is 6.08 Å². The van der Waals surface area contributed by atoms with Gasteiger partial charge in [-0.2, -0.15) is 0 Å². The summed E-state index contributed by atoms with van der Waals surface area (Å²) in [4.78, 5) is 44.1. The summed E-state index contributed by atoms with van der Waals surface area (Å²) in [6, 6.07) is 9.21. The van der Waals surface area contributed by atoms with Gasteiger partial charge < -0.3 is 24.8 Å². The van der Waals surface area contributed by atoms with E-state index in [0.29, 0.717) is 41.8 Å². The maximum Gasteiger partial charge on any atom is 0.182 e. The predicted molar refractivity (Wildman–Crippen MR) is 163 cm³/mol. The second-order valence-corrected chi connectivity index (χ2v) is 12.0. The molecular formula is C35H37NO8. The zero-order valence-electron chi connectivity index (χ0n) is 24.8. The number of fused-ring (bicyclic) bond motifs is 3. The number of allylic oxidation sites excluding steroid dienone is 3. The number of carbonyl (C=O) groups is 3. The Hall–Kier alpha value is -4.21. The van der Waals surface area contributed by atoms with Crippen LogP contribution in [0.5, 0.6) is 23.0 Å². The number of hydrogen-bond donors (Lipinski definition) is 3. The van der Waals surface area contributed by atoms with Gasteiger partial charge in [0, 0.05) is 29.4 Å². The second kappa shape index (κ2) is 11.7. The summed E-state index contributed by atoms with van der Waals surface area (Å²) in [5, 5.41) is 32.6. The number of benzene rings is 2. The van der Waals surface area contributed by atoms with Crippen LogP contribution in [0.4, 0.5) is 0 Å². The quantitative estimate of drug-likeness (QED) is 0.233. The molecule has 1 saturated carbocycles. The lowest BCUT2D eigenvalue weighted by Gasteiger charge is -2.44. The minimum Gasteiger partial charge on any atom is -0.504 e. The fraction of sp³-hybridized carbons (Fsp3) is 0.400. The van der Waals surface area contributed by atoms with Gasteiger partial charge in [0.15, 0.2) is 34.6 Å². The SMILES string of the molecule is COc1ccc(/C=C/C(=O)CC(=O)C2C3CCCCN3C3(C(=O)C4=CCC=CC4C3O)C2c2ccc(O)c(OC)c2)cc1O. The molecule has 2 aromatic carbocycles. The topological polar surface area (TPSA) is 134 Å². The first-order valence-electron chi connectivity index (χ1n) is 15.1. The van der Waals surface area contributed by atoms with Gasteiger partial charge in [0.1, 0.15) is 11.3 Å². The first-order chi connectivity index (χ1) is 21.2. The lowest BCUT2D eigenvalue weighted by atomic mass is 9.69. The van der Waals surface area contributed by atoms with Crippen molar-refractivity contribution in [2.24, 2.45) is 11.8 Å². The smallest absolute Gasteiger partial charge is 0.182 e. The zero-order valence-corrected chi connectivity index (χ0v) is 24.8. The third-order valence-electron chi connectivity index (χ3n) is 9.81. The number of Topliss-reactive ketones (excluding diaryl/α,β-unsaturated/α-hetero) is 2. The number of hydrogen-bond acceptors (Lipinski definition) is 9. The van der Waals surface area contributed by atoms with Crippen LogP contribution in [0.3, 0.4) is 0 Å². The van der Waals surface area contributed by atoms with E-state index in [1.165, 1.54) is 38.5 Å². The van der Waals surface area contributed by atoms with E-state index < -0.39 is 35.2 Å². The summed E-state index contributed by atoms with van der Waals surface area (Å²) in [7, 11) is 2.88. The van der Waals surface area contributed by atoms with Crippen molar-refractivity contribution in [3.05, 3.63) is 77.4 Å². The minimum absolute atomic E-state index is 0.0655. The summed E-state index contributed by atoms with van der Waals surface area (Å²) < 4.78 is 10.5. The van der Waals surface area contributed by atoms with Crippen LogP contribution in [0, 0.1) is 11.8 Å². The molecule has 0 bridgehead atoms. The molecule has 0 radical (unpaired) electrons. The van der Waals surface area contributed by atoms with Crippen LogP contribution in [0.15, 0.2) is 66.3 Å². The van der Waals surface area contributed by atoms with Gasteiger partial charge in [-0.15, -0.1) is 0 Å². The maximum absolute atomic E-state index is 14.6. The van der Waals surface area contributed by atoms with Crippen molar-refractivity contribution in [2.45, 2.75) is 55.7 Å². The maximum atomic E-state index is 14.6. The van der Waals surface area contributed by atoms with Crippen LogP contribution in [-0.2, 0) is 14.4 Å². The van der Waals surface area contributed by atoms with E-state index >= 15 is 0 Å². The molecule has 3 fully saturated rings. The molecule has 230 valence electrons. The van der Waals surface area contributed by atoms with Crippen LogP contribution < -0.4 is 9.47 Å². The number of methoxy groups -OCH3 is 2. The first-order valence-corrected chi connectivity index (χ1v) is 15.1. The van der Waals surface area contributed by atoms with Gasteiger partial charge in [-0.25, -0.2) is 0 Å². The Bertz CT molecular complexity index is 1590. The van der Waals surface area contributed by atoms with Crippen LogP contribution in [0.1, 0.15) is 49.1 Å². The number of phenols is 2. The van der Waals surface area contributed by atoms with Gasteiger partial charge in [-0.1, -0.05) is 42.9 Å². The molecule has 2 aliphatic heterocycles. The molecule has 6 atom stereocenters. The fourth-order valence-electron chi connectivity index (χ4n) is 8.01. The van der Waals surface area contributed by atoms with E-state index in [-0.39, 0.29) is 41.3 Å². The Kier molecular flexibility index (Phi) is 7.94. The lowest BCUT2D eigenvalue weighted by molar-refractivity contribution is -0.132. The summed E-state index contributed by atoms with van der Waals surface area (Å²) in [6.45, 7) is 0.543. The van der Waals surface area contributed by atoms with Gasteiger partial charge >= 0.3 is 0 Å². The lowest BCUT2D eigenvalue weighted by Crippen LogP contribution is -2.60. The zero-order chi connectivity index (χ0) is 31.2. The number of rotatable bonds is 8. The Labute approximate surface area is 256 Å². The third-order valence-corrected chi connectivity index (χ3v) is 9.81. The number of piperidine rings is 1. The molecule has 4 aliphatic rings. The molecular weight excluding hydrogens is 562 g/mol. The molecule has 3 N–H and O–H groups in total. The molecule has 2 aromatic rings. The molecule has 2 heterocycles. The van der Waals surface area contributed by atoms with Crippen molar-refractivity contribution in [1.82, 2.24) is 4.90 Å². The van der Waals surface area contributed by atoms with Gasteiger partial charge in [0.25, 0.3) is 0 Å². The standard InChI is InChI=1S/C35H37NO8/c1-43-29-15-11-20(17-27(29)39)10-13-22(37)19-28(40)31-25-9-5-6-16-36(25)35(32(31)21-12-14-26(38)30(18-21)44-2)33(41)23-7-3-4-8-24(23)34(35)42/h3,7-8,10-15,17-18,23,25,31-33,38-39,41H,4-6,9,16,19H2,1-2H3/b13-10+. The van der Waals surface area contributed by atoms with Gasteiger partial charge in [-0.05, 0) is 67.3 Å². The number of phenolic OH excluding ortho intramolecular Hbond substituents is 2. The normalized spacial score (nSPS) is 29.5. The van der Waals surface area contributed by atoms with Crippen molar-refractivity contribution in [3.8, 4) is 23.0 Å². The molecule has 0 amide bonds. The number of aliphatic hydroxyl groups is 1. The predicted octanol–water partition coefficient (Wildman–Crippen LogP) is 4.11. The molecule has 1 spiro atoms. The largest absolute Gasteiger partial charge is 0.504 e.